The van der Waals surface area contributed by atoms with Crippen molar-refractivity contribution in [2.45, 2.75) is 40.2 Å². The molecule has 1 atom stereocenters. The van der Waals surface area contributed by atoms with Gasteiger partial charge in [0.15, 0.2) is 6.10 Å². The molecule has 0 aliphatic carbocycles. The van der Waals surface area contributed by atoms with Crippen LogP contribution in [0.25, 0.3) is 0 Å². The van der Waals surface area contributed by atoms with Crippen molar-refractivity contribution in [3.8, 4) is 0 Å². The number of ketones is 1. The Morgan fingerprint density at radius 1 is 1.53 bits per heavy atom. The van der Waals surface area contributed by atoms with Crippen molar-refractivity contribution in [3.63, 3.8) is 0 Å². The van der Waals surface area contributed by atoms with Gasteiger partial charge in [-0.15, -0.1) is 0 Å². The predicted molar refractivity (Wildman–Crippen MR) is 53.8 cm³/mol. The van der Waals surface area contributed by atoms with E-state index in [9.17, 15) is 9.59 Å². The Balaban J connectivity index is 2.82. The van der Waals surface area contributed by atoms with Gasteiger partial charge >= 0.3 is 5.97 Å². The summed E-state index contributed by atoms with van der Waals surface area (Å²) in [5.74, 6) is -0.340. The Kier molecular flexibility index (Phi) is 3.50. The van der Waals surface area contributed by atoms with Gasteiger partial charge in [0.25, 0.3) is 0 Å². The van der Waals surface area contributed by atoms with Crippen LogP contribution >= 0.6 is 0 Å². The number of ether oxygens (including phenoxy) is 2. The summed E-state index contributed by atoms with van der Waals surface area (Å²) in [6, 6.07) is 0. The Morgan fingerprint density at radius 3 is 2.60 bits per heavy atom. The molecule has 0 aromatic carbocycles. The summed E-state index contributed by atoms with van der Waals surface area (Å²) < 4.78 is 10.3. The molecule has 0 bridgehead atoms. The molecule has 0 aromatic rings. The zero-order valence-corrected chi connectivity index (χ0v) is 9.49. The molecule has 0 N–H and O–H groups in total. The lowest BCUT2D eigenvalue weighted by molar-refractivity contribution is -0.145. The van der Waals surface area contributed by atoms with Crippen molar-refractivity contribution >= 4 is 11.8 Å². The van der Waals surface area contributed by atoms with Crippen molar-refractivity contribution in [1.82, 2.24) is 0 Å². The fourth-order valence-corrected chi connectivity index (χ4v) is 1.21. The third-order valence-corrected chi connectivity index (χ3v) is 2.16. The maximum Gasteiger partial charge on any atom is 0.314 e. The van der Waals surface area contributed by atoms with Gasteiger partial charge < -0.3 is 9.47 Å². The van der Waals surface area contributed by atoms with Crippen molar-refractivity contribution in [2.75, 3.05) is 0 Å². The molecule has 1 aliphatic heterocycles. The van der Waals surface area contributed by atoms with Gasteiger partial charge in [0.1, 0.15) is 5.76 Å². The van der Waals surface area contributed by atoms with Crippen LogP contribution in [-0.4, -0.2) is 17.9 Å². The molecule has 84 valence electrons. The van der Waals surface area contributed by atoms with E-state index in [0.29, 0.717) is 12.2 Å². The summed E-state index contributed by atoms with van der Waals surface area (Å²) in [5, 5.41) is 0. The van der Waals surface area contributed by atoms with Crippen molar-refractivity contribution in [1.29, 1.82) is 0 Å². The van der Waals surface area contributed by atoms with Gasteiger partial charge in [0.2, 0.25) is 11.5 Å². The summed E-state index contributed by atoms with van der Waals surface area (Å²) in [6.45, 7) is 6.94. The van der Waals surface area contributed by atoms with Crippen molar-refractivity contribution < 1.29 is 19.1 Å². The SMILES string of the molecule is CCC1=C(OC(=O)C(C)C)C(=O)C(C)O1. The van der Waals surface area contributed by atoms with Crippen LogP contribution in [0.3, 0.4) is 0 Å². The average molecular weight is 212 g/mol. The van der Waals surface area contributed by atoms with E-state index >= 15 is 0 Å². The molecule has 4 nitrogen and oxygen atoms in total. The van der Waals surface area contributed by atoms with Crippen LogP contribution in [-0.2, 0) is 19.1 Å². The highest BCUT2D eigenvalue weighted by atomic mass is 16.6. The summed E-state index contributed by atoms with van der Waals surface area (Å²) in [6.07, 6.45) is 0.0199. The molecule has 0 saturated heterocycles. The molecule has 0 fully saturated rings. The first kappa shape index (κ1) is 11.8. The molecule has 1 heterocycles. The minimum Gasteiger partial charge on any atom is -0.483 e. The summed E-state index contributed by atoms with van der Waals surface area (Å²) in [5.41, 5.74) is 0. The number of Topliss-reactive ketones (excluding diaryl/α,β-unsaturated/α-hetero) is 1. The molecule has 0 spiro atoms. The molecule has 0 radical (unpaired) electrons. The molecule has 0 amide bonds. The van der Waals surface area contributed by atoms with Crippen LogP contribution in [0.5, 0.6) is 0 Å². The van der Waals surface area contributed by atoms with E-state index in [0.717, 1.165) is 0 Å². The minimum absolute atomic E-state index is 0.0868. The maximum atomic E-state index is 11.6. The monoisotopic (exact) mass is 212 g/mol. The van der Waals surface area contributed by atoms with Crippen molar-refractivity contribution in [2.24, 2.45) is 5.92 Å². The van der Waals surface area contributed by atoms with Gasteiger partial charge in [0.05, 0.1) is 5.92 Å². The van der Waals surface area contributed by atoms with E-state index in [1.807, 2.05) is 6.92 Å². The fourth-order valence-electron chi connectivity index (χ4n) is 1.21. The van der Waals surface area contributed by atoms with Gasteiger partial charge in [-0.25, -0.2) is 0 Å². The largest absolute Gasteiger partial charge is 0.483 e. The van der Waals surface area contributed by atoms with Gasteiger partial charge in [-0.3, -0.25) is 9.59 Å². The number of hydrogen-bond donors (Lipinski definition) is 0. The third kappa shape index (κ3) is 2.37. The molecule has 15 heavy (non-hydrogen) atoms. The summed E-state index contributed by atoms with van der Waals surface area (Å²) in [7, 11) is 0. The Bertz CT molecular complexity index is 315. The number of hydrogen-bond acceptors (Lipinski definition) is 4. The first-order valence-electron chi connectivity index (χ1n) is 5.13. The topological polar surface area (TPSA) is 52.6 Å². The maximum absolute atomic E-state index is 11.6. The van der Waals surface area contributed by atoms with Crippen LogP contribution in [0, 0.1) is 5.92 Å². The second kappa shape index (κ2) is 4.47. The lowest BCUT2D eigenvalue weighted by atomic mass is 10.2. The normalized spacial score (nSPS) is 20.9. The van der Waals surface area contributed by atoms with E-state index in [2.05, 4.69) is 0 Å². The summed E-state index contributed by atoms with van der Waals surface area (Å²) in [4.78, 5) is 22.9. The number of esters is 1. The highest BCUT2D eigenvalue weighted by Gasteiger charge is 2.34. The van der Waals surface area contributed by atoms with E-state index in [-0.39, 0.29) is 17.5 Å². The fraction of sp³-hybridized carbons (Fsp3) is 0.636. The van der Waals surface area contributed by atoms with Gasteiger partial charge in [-0.1, -0.05) is 20.8 Å². The predicted octanol–water partition coefficient (Wildman–Crippen LogP) is 1.79. The molecule has 0 saturated carbocycles. The Morgan fingerprint density at radius 2 is 2.13 bits per heavy atom. The molecule has 0 aromatic heterocycles. The van der Waals surface area contributed by atoms with E-state index in [1.54, 1.807) is 20.8 Å². The van der Waals surface area contributed by atoms with Gasteiger partial charge in [-0.05, 0) is 6.92 Å². The van der Waals surface area contributed by atoms with Gasteiger partial charge in [-0.2, -0.15) is 0 Å². The van der Waals surface area contributed by atoms with E-state index in [4.69, 9.17) is 9.47 Å². The number of allylic oxidation sites excluding steroid dienone is 1. The third-order valence-electron chi connectivity index (χ3n) is 2.16. The standard InChI is InChI=1S/C11H16O4/c1-5-8-10(9(12)7(4)14-8)15-11(13)6(2)3/h6-7H,5H2,1-4H3. The zero-order chi connectivity index (χ0) is 11.6. The Hall–Kier alpha value is -1.32. The number of carbonyl (C=O) groups excluding carboxylic acids is 2. The second-order valence-corrected chi connectivity index (χ2v) is 3.81. The van der Waals surface area contributed by atoms with Crippen LogP contribution < -0.4 is 0 Å². The van der Waals surface area contributed by atoms with Gasteiger partial charge in [0, 0.05) is 6.42 Å². The lowest BCUT2D eigenvalue weighted by Gasteiger charge is -2.06. The number of carbonyl (C=O) groups is 2. The first-order valence-corrected chi connectivity index (χ1v) is 5.13. The van der Waals surface area contributed by atoms with Crippen molar-refractivity contribution in [3.05, 3.63) is 11.5 Å². The van der Waals surface area contributed by atoms with Crippen LogP contribution in [0.4, 0.5) is 0 Å². The average Bonchev–Trinajstić information content (AvgIpc) is 2.45. The highest BCUT2D eigenvalue weighted by Crippen LogP contribution is 2.25. The molecule has 4 heteroatoms. The smallest absolute Gasteiger partial charge is 0.314 e. The molecule has 1 rings (SSSR count). The Labute approximate surface area is 89.2 Å². The zero-order valence-electron chi connectivity index (χ0n) is 9.49. The summed E-state index contributed by atoms with van der Waals surface area (Å²) >= 11 is 0. The van der Waals surface area contributed by atoms with Crippen LogP contribution in [0.15, 0.2) is 11.5 Å². The highest BCUT2D eigenvalue weighted by molar-refractivity contribution is 6.01. The van der Waals surface area contributed by atoms with E-state index in [1.165, 1.54) is 0 Å². The molecular formula is C11H16O4. The second-order valence-electron chi connectivity index (χ2n) is 3.81. The minimum atomic E-state index is -0.532. The molecule has 1 aliphatic rings. The molecule has 1 unspecified atom stereocenters. The molecular weight excluding hydrogens is 196 g/mol. The van der Waals surface area contributed by atoms with Crippen LogP contribution in [0.1, 0.15) is 34.1 Å². The number of rotatable bonds is 3. The first-order chi connectivity index (χ1) is 6.97. The quantitative estimate of drug-likeness (QED) is 0.669. The lowest BCUT2D eigenvalue weighted by Crippen LogP contribution is -2.19. The van der Waals surface area contributed by atoms with E-state index < -0.39 is 12.1 Å². The van der Waals surface area contributed by atoms with Crippen LogP contribution in [0.2, 0.25) is 0 Å².